The molecule has 0 saturated carbocycles. The van der Waals surface area contributed by atoms with E-state index in [9.17, 15) is 13.2 Å². The molecule has 20 heavy (non-hydrogen) atoms. The van der Waals surface area contributed by atoms with Crippen molar-refractivity contribution in [1.82, 2.24) is 5.43 Å². The summed E-state index contributed by atoms with van der Waals surface area (Å²) in [5, 5.41) is 0. The molecule has 1 rings (SSSR count). The Labute approximate surface area is 116 Å². The number of hydrogen-bond acceptors (Lipinski definition) is 4. The third-order valence-corrected chi connectivity index (χ3v) is 2.96. The summed E-state index contributed by atoms with van der Waals surface area (Å²) in [4.78, 5) is 0. The first kappa shape index (κ1) is 16.7. The molecule has 0 bridgehead atoms. The molecule has 114 valence electrons. The van der Waals surface area contributed by atoms with E-state index in [0.717, 1.165) is 6.42 Å². The highest BCUT2D eigenvalue weighted by molar-refractivity contribution is 5.30. The lowest BCUT2D eigenvalue weighted by Gasteiger charge is -2.19. The molecule has 0 amide bonds. The van der Waals surface area contributed by atoms with Crippen LogP contribution in [0.3, 0.4) is 0 Å². The molecule has 0 aliphatic heterocycles. The average molecular weight is 292 g/mol. The monoisotopic (exact) mass is 292 g/mol. The fourth-order valence-corrected chi connectivity index (χ4v) is 1.79. The number of ether oxygens (including phenoxy) is 2. The number of hydrazine groups is 1. The van der Waals surface area contributed by atoms with Gasteiger partial charge < -0.3 is 9.47 Å². The number of nitrogens with two attached hydrogens (primary N) is 1. The molecule has 3 N–H and O–H groups in total. The summed E-state index contributed by atoms with van der Waals surface area (Å²) in [6.07, 6.45) is -3.27. The topological polar surface area (TPSA) is 56.5 Å². The number of benzene rings is 1. The molecule has 0 spiro atoms. The molecule has 0 radical (unpaired) electrons. The quantitative estimate of drug-likeness (QED) is 0.599. The van der Waals surface area contributed by atoms with Crippen LogP contribution in [0.4, 0.5) is 13.2 Å². The van der Waals surface area contributed by atoms with Crippen molar-refractivity contribution in [3.63, 3.8) is 0 Å². The summed E-state index contributed by atoms with van der Waals surface area (Å²) < 4.78 is 45.5. The third kappa shape index (κ3) is 5.77. The van der Waals surface area contributed by atoms with Gasteiger partial charge in [-0.2, -0.15) is 0 Å². The summed E-state index contributed by atoms with van der Waals surface area (Å²) in [6, 6.07) is 5.52. The van der Waals surface area contributed by atoms with Crippen LogP contribution in [-0.4, -0.2) is 19.6 Å². The lowest BCUT2D eigenvalue weighted by atomic mass is 10.0. The van der Waals surface area contributed by atoms with E-state index in [0.29, 0.717) is 12.0 Å². The van der Waals surface area contributed by atoms with E-state index in [1.165, 1.54) is 18.2 Å². The molecule has 4 nitrogen and oxygen atoms in total. The van der Waals surface area contributed by atoms with Gasteiger partial charge in [-0.15, -0.1) is 13.2 Å². The first-order chi connectivity index (χ1) is 9.35. The molecule has 0 saturated heterocycles. The smallest absolute Gasteiger partial charge is 0.406 e. The lowest BCUT2D eigenvalue weighted by molar-refractivity contribution is -0.274. The maximum Gasteiger partial charge on any atom is 0.573 e. The number of halogens is 3. The average Bonchev–Trinajstić information content (AvgIpc) is 2.37. The fraction of sp³-hybridized carbons (Fsp3) is 0.538. The lowest BCUT2D eigenvalue weighted by Crippen LogP contribution is -2.29. The van der Waals surface area contributed by atoms with Crippen LogP contribution in [-0.2, 0) is 4.74 Å². The molecular weight excluding hydrogens is 273 g/mol. The molecule has 0 aromatic heterocycles. The Balaban J connectivity index is 2.74. The second kappa shape index (κ2) is 7.47. The Morgan fingerprint density at radius 3 is 2.55 bits per heavy atom. The molecule has 2 unspecified atom stereocenters. The molecule has 0 fully saturated rings. The van der Waals surface area contributed by atoms with E-state index >= 15 is 0 Å². The Morgan fingerprint density at radius 1 is 1.30 bits per heavy atom. The van der Waals surface area contributed by atoms with Crippen LogP contribution in [0.15, 0.2) is 24.3 Å². The van der Waals surface area contributed by atoms with Crippen LogP contribution in [0.2, 0.25) is 0 Å². The van der Waals surface area contributed by atoms with Gasteiger partial charge in [0.25, 0.3) is 0 Å². The van der Waals surface area contributed by atoms with Gasteiger partial charge in [-0.25, -0.2) is 0 Å². The Hall–Kier alpha value is -1.31. The van der Waals surface area contributed by atoms with Gasteiger partial charge in [0.05, 0.1) is 6.10 Å². The second-order valence-corrected chi connectivity index (χ2v) is 4.46. The van der Waals surface area contributed by atoms with Crippen LogP contribution < -0.4 is 16.0 Å². The number of methoxy groups -OCH3 is 1. The molecule has 2 atom stereocenters. The predicted molar refractivity (Wildman–Crippen MR) is 68.9 cm³/mol. The first-order valence-corrected chi connectivity index (χ1v) is 6.20. The fourth-order valence-electron chi connectivity index (χ4n) is 1.79. The van der Waals surface area contributed by atoms with E-state index in [1.54, 1.807) is 13.2 Å². The highest BCUT2D eigenvalue weighted by Crippen LogP contribution is 2.27. The van der Waals surface area contributed by atoms with E-state index in [1.807, 2.05) is 6.92 Å². The highest BCUT2D eigenvalue weighted by Gasteiger charge is 2.31. The van der Waals surface area contributed by atoms with E-state index in [-0.39, 0.29) is 17.9 Å². The van der Waals surface area contributed by atoms with Crippen molar-refractivity contribution in [2.75, 3.05) is 7.11 Å². The van der Waals surface area contributed by atoms with Crippen LogP contribution in [0.5, 0.6) is 5.75 Å². The van der Waals surface area contributed by atoms with Crippen LogP contribution >= 0.6 is 0 Å². The van der Waals surface area contributed by atoms with Crippen molar-refractivity contribution in [3.05, 3.63) is 29.8 Å². The molecule has 1 aromatic carbocycles. The number of nitrogens with one attached hydrogen (secondary N) is 1. The zero-order valence-corrected chi connectivity index (χ0v) is 11.4. The summed E-state index contributed by atoms with van der Waals surface area (Å²) >= 11 is 0. The molecule has 0 aliphatic rings. The van der Waals surface area contributed by atoms with Gasteiger partial charge in [-0.05, 0) is 37.5 Å². The Morgan fingerprint density at radius 2 is 2.00 bits per heavy atom. The molecule has 0 aliphatic carbocycles. The summed E-state index contributed by atoms with van der Waals surface area (Å²) in [6.45, 7) is 1.91. The van der Waals surface area contributed by atoms with Gasteiger partial charge in [0, 0.05) is 13.2 Å². The molecule has 1 aromatic rings. The predicted octanol–water partition coefficient (Wildman–Crippen LogP) is 2.90. The van der Waals surface area contributed by atoms with Crippen LogP contribution in [0.1, 0.15) is 31.4 Å². The number of alkyl halides is 3. The normalized spacial score (nSPS) is 14.9. The number of rotatable bonds is 7. The standard InChI is InChI=1S/C13H19F3N2O2/c1-9(19-2)6-7-12(18-17)10-4-3-5-11(8-10)20-13(14,15)16/h3-5,8-9,12,18H,6-7,17H2,1-2H3. The minimum Gasteiger partial charge on any atom is -0.406 e. The molecular formula is C13H19F3N2O2. The van der Waals surface area contributed by atoms with Crippen molar-refractivity contribution in [1.29, 1.82) is 0 Å². The SMILES string of the molecule is COC(C)CCC(NN)c1cccc(OC(F)(F)F)c1. The van der Waals surface area contributed by atoms with Crippen LogP contribution in [0.25, 0.3) is 0 Å². The minimum absolute atomic E-state index is 0.0560. The summed E-state index contributed by atoms with van der Waals surface area (Å²) in [5.41, 5.74) is 3.23. The maximum atomic E-state index is 12.2. The van der Waals surface area contributed by atoms with E-state index in [4.69, 9.17) is 10.6 Å². The summed E-state index contributed by atoms with van der Waals surface area (Å²) in [5.74, 6) is 5.20. The molecule has 7 heteroatoms. The third-order valence-electron chi connectivity index (χ3n) is 2.96. The van der Waals surface area contributed by atoms with Gasteiger partial charge in [-0.1, -0.05) is 12.1 Å². The Kier molecular flexibility index (Phi) is 6.25. The first-order valence-electron chi connectivity index (χ1n) is 6.20. The van der Waals surface area contributed by atoms with Crippen molar-refractivity contribution in [2.45, 2.75) is 38.3 Å². The van der Waals surface area contributed by atoms with E-state index < -0.39 is 6.36 Å². The van der Waals surface area contributed by atoms with E-state index in [2.05, 4.69) is 10.2 Å². The van der Waals surface area contributed by atoms with Crippen molar-refractivity contribution >= 4 is 0 Å². The number of hydrogen-bond donors (Lipinski definition) is 2. The van der Waals surface area contributed by atoms with Crippen molar-refractivity contribution in [2.24, 2.45) is 5.84 Å². The zero-order valence-electron chi connectivity index (χ0n) is 11.4. The van der Waals surface area contributed by atoms with Crippen LogP contribution in [0, 0.1) is 0 Å². The zero-order chi connectivity index (χ0) is 15.2. The minimum atomic E-state index is -4.70. The second-order valence-electron chi connectivity index (χ2n) is 4.46. The van der Waals surface area contributed by atoms with Gasteiger partial charge in [0.15, 0.2) is 0 Å². The van der Waals surface area contributed by atoms with Gasteiger partial charge >= 0.3 is 6.36 Å². The van der Waals surface area contributed by atoms with Crippen molar-refractivity contribution in [3.8, 4) is 5.75 Å². The molecule has 0 heterocycles. The van der Waals surface area contributed by atoms with Gasteiger partial charge in [0.1, 0.15) is 5.75 Å². The Bertz CT molecular complexity index is 413. The summed E-state index contributed by atoms with van der Waals surface area (Å²) in [7, 11) is 1.60. The highest BCUT2D eigenvalue weighted by atomic mass is 19.4. The van der Waals surface area contributed by atoms with Gasteiger partial charge in [-0.3, -0.25) is 11.3 Å². The largest absolute Gasteiger partial charge is 0.573 e. The maximum absolute atomic E-state index is 12.2. The van der Waals surface area contributed by atoms with Crippen molar-refractivity contribution < 1.29 is 22.6 Å². The van der Waals surface area contributed by atoms with Gasteiger partial charge in [0.2, 0.25) is 0 Å².